The SMILES string of the molecule is O=S(=O)(c1cccc(CCCCOCCCCCCNC[C@@H](O)c2ccc(O)c(CO)c2)c1)C1CCCC1. The number of hydrogen-bond acceptors (Lipinski definition) is 7. The summed E-state index contributed by atoms with van der Waals surface area (Å²) in [6.45, 7) is 2.49. The second-order valence-corrected chi connectivity index (χ2v) is 12.6. The summed E-state index contributed by atoms with van der Waals surface area (Å²) in [4.78, 5) is 0.485. The van der Waals surface area contributed by atoms with Crippen LogP contribution in [0.25, 0.3) is 0 Å². The van der Waals surface area contributed by atoms with Crippen LogP contribution in [0.2, 0.25) is 0 Å². The summed E-state index contributed by atoms with van der Waals surface area (Å²) in [7, 11) is -3.19. The van der Waals surface area contributed by atoms with Gasteiger partial charge in [-0.05, 0) is 86.9 Å². The van der Waals surface area contributed by atoms with E-state index in [-0.39, 0.29) is 17.6 Å². The van der Waals surface area contributed by atoms with Gasteiger partial charge in [0.1, 0.15) is 5.75 Å². The first-order chi connectivity index (χ1) is 18.4. The van der Waals surface area contributed by atoms with Gasteiger partial charge >= 0.3 is 0 Å². The number of hydrogen-bond donors (Lipinski definition) is 4. The zero-order valence-electron chi connectivity index (χ0n) is 22.5. The largest absolute Gasteiger partial charge is 0.508 e. The van der Waals surface area contributed by atoms with Crippen LogP contribution >= 0.6 is 0 Å². The maximum absolute atomic E-state index is 12.8. The molecule has 1 saturated carbocycles. The second-order valence-electron chi connectivity index (χ2n) is 10.3. The van der Waals surface area contributed by atoms with Crippen molar-refractivity contribution in [1.82, 2.24) is 5.32 Å². The molecule has 2 aromatic carbocycles. The monoisotopic (exact) mass is 547 g/mol. The number of ether oxygens (including phenoxy) is 1. The Morgan fingerprint density at radius 3 is 2.45 bits per heavy atom. The van der Waals surface area contributed by atoms with Crippen molar-refractivity contribution in [2.24, 2.45) is 0 Å². The second kappa shape index (κ2) is 16.2. The van der Waals surface area contributed by atoms with Crippen molar-refractivity contribution < 1.29 is 28.5 Å². The Morgan fingerprint density at radius 2 is 1.68 bits per heavy atom. The summed E-state index contributed by atoms with van der Waals surface area (Å²) in [5.41, 5.74) is 2.18. The summed E-state index contributed by atoms with van der Waals surface area (Å²) < 4.78 is 31.4. The minimum Gasteiger partial charge on any atom is -0.508 e. The molecular formula is C30H45NO6S. The van der Waals surface area contributed by atoms with Crippen molar-refractivity contribution >= 4 is 9.84 Å². The molecule has 2 aromatic rings. The molecule has 0 spiro atoms. The molecule has 3 rings (SSSR count). The quantitative estimate of drug-likeness (QED) is 0.198. The fraction of sp³-hybridized carbons (Fsp3) is 0.600. The normalized spacial score (nSPS) is 15.2. The minimum absolute atomic E-state index is 0.0372. The lowest BCUT2D eigenvalue weighted by molar-refractivity contribution is 0.126. The molecule has 0 aromatic heterocycles. The molecule has 8 heteroatoms. The first-order valence-electron chi connectivity index (χ1n) is 14.1. The van der Waals surface area contributed by atoms with Crippen LogP contribution < -0.4 is 5.32 Å². The van der Waals surface area contributed by atoms with Crippen LogP contribution in [-0.2, 0) is 27.6 Å². The lowest BCUT2D eigenvalue weighted by atomic mass is 10.1. The first kappa shape index (κ1) is 30.6. The molecule has 212 valence electrons. The van der Waals surface area contributed by atoms with Crippen molar-refractivity contribution in [2.75, 3.05) is 26.3 Å². The van der Waals surface area contributed by atoms with E-state index in [1.165, 1.54) is 6.07 Å². The smallest absolute Gasteiger partial charge is 0.181 e. The minimum atomic E-state index is -3.19. The van der Waals surface area contributed by atoms with Crippen molar-refractivity contribution in [2.45, 2.75) is 93.5 Å². The van der Waals surface area contributed by atoms with Crippen molar-refractivity contribution in [3.8, 4) is 5.75 Å². The highest BCUT2D eigenvalue weighted by atomic mass is 32.2. The zero-order chi connectivity index (χ0) is 27.2. The molecule has 0 radical (unpaired) electrons. The number of sulfone groups is 1. The number of benzene rings is 2. The number of aliphatic hydroxyl groups excluding tert-OH is 2. The summed E-state index contributed by atoms with van der Waals surface area (Å²) >= 11 is 0. The van der Waals surface area contributed by atoms with Crippen LogP contribution in [0.5, 0.6) is 5.75 Å². The lowest BCUT2D eigenvalue weighted by Crippen LogP contribution is -2.22. The number of nitrogens with one attached hydrogen (secondary N) is 1. The molecule has 0 unspecified atom stereocenters. The topological polar surface area (TPSA) is 116 Å². The fourth-order valence-corrected chi connectivity index (χ4v) is 6.93. The third-order valence-electron chi connectivity index (χ3n) is 7.36. The number of aliphatic hydroxyl groups is 2. The van der Waals surface area contributed by atoms with E-state index >= 15 is 0 Å². The third-order valence-corrected chi connectivity index (χ3v) is 9.62. The number of rotatable bonds is 18. The van der Waals surface area contributed by atoms with E-state index in [0.717, 1.165) is 96.0 Å². The Balaban J connectivity index is 1.17. The Bertz CT molecular complexity index is 1070. The van der Waals surface area contributed by atoms with Gasteiger partial charge in [0.2, 0.25) is 0 Å². The molecule has 38 heavy (non-hydrogen) atoms. The van der Waals surface area contributed by atoms with Crippen molar-refractivity contribution in [1.29, 1.82) is 0 Å². The zero-order valence-corrected chi connectivity index (χ0v) is 23.3. The van der Waals surface area contributed by atoms with E-state index in [1.54, 1.807) is 18.2 Å². The van der Waals surface area contributed by atoms with E-state index in [4.69, 9.17) is 4.74 Å². The highest BCUT2D eigenvalue weighted by molar-refractivity contribution is 7.92. The molecule has 0 bridgehead atoms. The van der Waals surface area contributed by atoms with Crippen molar-refractivity contribution in [3.05, 3.63) is 59.2 Å². The molecule has 1 atom stereocenters. The van der Waals surface area contributed by atoms with Crippen LogP contribution in [0.4, 0.5) is 0 Å². The van der Waals surface area contributed by atoms with Gasteiger partial charge in [-0.1, -0.05) is 43.9 Å². The molecule has 7 nitrogen and oxygen atoms in total. The molecular weight excluding hydrogens is 502 g/mol. The number of aryl methyl sites for hydroxylation is 1. The third kappa shape index (κ3) is 9.65. The number of aromatic hydroxyl groups is 1. The molecule has 1 fully saturated rings. The summed E-state index contributed by atoms with van der Waals surface area (Å²) in [5.74, 6) is 0.0372. The van der Waals surface area contributed by atoms with Gasteiger partial charge in [0.25, 0.3) is 0 Å². The molecule has 0 heterocycles. The van der Waals surface area contributed by atoms with E-state index in [9.17, 15) is 23.7 Å². The highest BCUT2D eigenvalue weighted by Crippen LogP contribution is 2.30. The maximum atomic E-state index is 12.8. The summed E-state index contributed by atoms with van der Waals surface area (Å²) in [6, 6.07) is 12.3. The van der Waals surface area contributed by atoms with Gasteiger partial charge in [-0.15, -0.1) is 0 Å². The number of unbranched alkanes of at least 4 members (excludes halogenated alkanes) is 4. The van der Waals surface area contributed by atoms with Gasteiger partial charge in [-0.3, -0.25) is 0 Å². The first-order valence-corrected chi connectivity index (χ1v) is 15.7. The van der Waals surface area contributed by atoms with E-state index in [1.807, 2.05) is 18.2 Å². The molecule has 4 N–H and O–H groups in total. The van der Waals surface area contributed by atoms with Gasteiger partial charge in [-0.2, -0.15) is 0 Å². The Hall–Kier alpha value is -1.97. The predicted octanol–water partition coefficient (Wildman–Crippen LogP) is 4.82. The van der Waals surface area contributed by atoms with Gasteiger partial charge in [0, 0.05) is 25.3 Å². The van der Waals surface area contributed by atoms with E-state index in [0.29, 0.717) is 22.6 Å². The van der Waals surface area contributed by atoms with Gasteiger partial charge in [0.15, 0.2) is 9.84 Å². The standard InChI is InChI=1S/C30H45NO6S/c32-23-26-21-25(15-16-29(26)33)30(34)22-31-17-6-1-2-7-18-37-19-8-5-10-24-11-9-14-28(20-24)38(35,36)27-12-3-4-13-27/h9,11,14-16,20-21,27,30-34H,1-8,10,12-13,17-19,22-23H2/t30-/m1/s1. The predicted molar refractivity (Wildman–Crippen MR) is 150 cm³/mol. The summed E-state index contributed by atoms with van der Waals surface area (Å²) in [6.07, 6.45) is 10.0. The lowest BCUT2D eigenvalue weighted by Gasteiger charge is -2.14. The van der Waals surface area contributed by atoms with Gasteiger partial charge in [0.05, 0.1) is 22.9 Å². The van der Waals surface area contributed by atoms with Crippen LogP contribution in [0.15, 0.2) is 47.4 Å². The van der Waals surface area contributed by atoms with Crippen LogP contribution in [0.1, 0.15) is 87.0 Å². The molecule has 1 aliphatic rings. The average Bonchev–Trinajstić information content (AvgIpc) is 3.48. The van der Waals surface area contributed by atoms with Crippen molar-refractivity contribution in [3.63, 3.8) is 0 Å². The van der Waals surface area contributed by atoms with E-state index < -0.39 is 15.9 Å². The average molecular weight is 548 g/mol. The number of phenols is 1. The van der Waals surface area contributed by atoms with Crippen LogP contribution in [0.3, 0.4) is 0 Å². The molecule has 0 amide bonds. The molecule has 1 aliphatic carbocycles. The highest BCUT2D eigenvalue weighted by Gasteiger charge is 2.30. The summed E-state index contributed by atoms with van der Waals surface area (Å²) in [5, 5.41) is 32.2. The van der Waals surface area contributed by atoms with Gasteiger partial charge < -0.3 is 25.4 Å². The van der Waals surface area contributed by atoms with Gasteiger partial charge in [-0.25, -0.2) is 8.42 Å². The van der Waals surface area contributed by atoms with E-state index in [2.05, 4.69) is 5.32 Å². The molecule has 0 saturated heterocycles. The van der Waals surface area contributed by atoms with Crippen LogP contribution in [-0.4, -0.2) is 55.3 Å². The maximum Gasteiger partial charge on any atom is 0.181 e. The molecule has 0 aliphatic heterocycles. The van der Waals surface area contributed by atoms with Crippen LogP contribution in [0, 0.1) is 0 Å². The fourth-order valence-electron chi connectivity index (χ4n) is 5.01. The Morgan fingerprint density at radius 1 is 0.947 bits per heavy atom. The Kier molecular flexibility index (Phi) is 13.0. The Labute approximate surface area is 228 Å².